The van der Waals surface area contributed by atoms with Crippen molar-refractivity contribution in [1.29, 1.82) is 0 Å². The summed E-state index contributed by atoms with van der Waals surface area (Å²) in [5.74, 6) is -13.6. The second kappa shape index (κ2) is 23.6. The van der Waals surface area contributed by atoms with Crippen LogP contribution in [0.1, 0.15) is 44.6 Å². The van der Waals surface area contributed by atoms with E-state index < -0.39 is 146 Å². The van der Waals surface area contributed by atoms with Crippen molar-refractivity contribution in [2.45, 2.75) is 93.8 Å². The molecule has 1 aromatic rings. The first-order valence-electron chi connectivity index (χ1n) is 18.3. The third kappa shape index (κ3) is 15.9. The number of aliphatic carboxylic acids is 3. The topological polar surface area (TPSA) is 416 Å². The first-order valence-corrected chi connectivity index (χ1v) is 18.3. The lowest BCUT2D eigenvalue weighted by molar-refractivity contribution is -0.150. The van der Waals surface area contributed by atoms with Crippen LogP contribution >= 0.6 is 0 Å². The Labute approximate surface area is 340 Å². The fourth-order valence-electron chi connectivity index (χ4n) is 5.80. The molecule has 0 spiro atoms. The van der Waals surface area contributed by atoms with Crippen molar-refractivity contribution >= 4 is 65.2 Å². The van der Waals surface area contributed by atoms with Gasteiger partial charge >= 0.3 is 17.9 Å². The van der Waals surface area contributed by atoms with E-state index in [0.717, 1.165) is 11.8 Å². The van der Waals surface area contributed by atoms with Crippen molar-refractivity contribution in [3.05, 3.63) is 35.9 Å². The number of amides is 8. The van der Waals surface area contributed by atoms with E-state index in [1.54, 1.807) is 30.3 Å². The number of hydrogen-bond acceptors (Lipinski definition) is 14. The number of nitrogens with zero attached hydrogens (tertiary/aromatic N) is 1. The molecular formula is C35H49N9O16. The maximum atomic E-state index is 13.7. The number of benzene rings is 1. The van der Waals surface area contributed by atoms with Crippen LogP contribution in [0, 0.1) is 0 Å². The van der Waals surface area contributed by atoms with Gasteiger partial charge in [0.1, 0.15) is 42.3 Å². The van der Waals surface area contributed by atoms with E-state index in [0.29, 0.717) is 12.0 Å². The largest absolute Gasteiger partial charge is 0.481 e. The number of nitrogens with two attached hydrogens (primary N) is 2. The molecule has 1 aliphatic rings. The second-order valence-electron chi connectivity index (χ2n) is 13.6. The lowest BCUT2D eigenvalue weighted by atomic mass is 10.0. The lowest BCUT2D eigenvalue weighted by Gasteiger charge is -2.29. The van der Waals surface area contributed by atoms with Gasteiger partial charge in [-0.3, -0.25) is 47.9 Å². The molecule has 1 heterocycles. The minimum atomic E-state index is -1.85. The molecule has 8 atom stereocenters. The molecule has 0 aliphatic carbocycles. The average molecular weight is 852 g/mol. The van der Waals surface area contributed by atoms with E-state index in [1.165, 1.54) is 0 Å². The molecule has 25 nitrogen and oxygen atoms in total. The van der Waals surface area contributed by atoms with E-state index >= 15 is 0 Å². The van der Waals surface area contributed by atoms with Crippen LogP contribution in [0.5, 0.6) is 0 Å². The van der Waals surface area contributed by atoms with Crippen LogP contribution in [0.15, 0.2) is 30.3 Å². The van der Waals surface area contributed by atoms with Crippen LogP contribution in [-0.4, -0.2) is 164 Å². The Morgan fingerprint density at radius 2 is 1.27 bits per heavy atom. The molecule has 330 valence electrons. The summed E-state index contributed by atoms with van der Waals surface area (Å²) in [7, 11) is 0. The summed E-state index contributed by atoms with van der Waals surface area (Å²) in [6, 6.07) is -3.63. The Kier molecular flexibility index (Phi) is 19.5. The number of carboxylic acids is 3. The summed E-state index contributed by atoms with van der Waals surface area (Å²) in [5, 5.41) is 60.6. The number of likely N-dealkylation sites (tertiary alicyclic amines) is 1. The van der Waals surface area contributed by atoms with Gasteiger partial charge in [-0.15, -0.1) is 0 Å². The summed E-state index contributed by atoms with van der Waals surface area (Å²) >= 11 is 0. The highest BCUT2D eigenvalue weighted by molar-refractivity contribution is 5.99. The molecule has 8 amide bonds. The number of hydrogen-bond donors (Lipinski definition) is 13. The molecule has 25 heteroatoms. The Morgan fingerprint density at radius 1 is 0.733 bits per heavy atom. The number of aliphatic hydroxyl groups excluding tert-OH is 2. The zero-order chi connectivity index (χ0) is 45.3. The fraction of sp³-hybridized carbons (Fsp3) is 0.514. The van der Waals surface area contributed by atoms with Crippen LogP contribution < -0.4 is 43.4 Å². The molecule has 1 aliphatic heterocycles. The maximum absolute atomic E-state index is 13.7. The zero-order valence-corrected chi connectivity index (χ0v) is 32.2. The predicted molar refractivity (Wildman–Crippen MR) is 200 cm³/mol. The molecule has 15 N–H and O–H groups in total. The van der Waals surface area contributed by atoms with E-state index in [9.17, 15) is 73.2 Å². The standard InChI is InChI=1S/C35H49N9O16/c1-16(46)28(43-25(48)14-38-30(54)20(11-24(37)47)40-32(56)21(12-26(49)50)39-29(53)18(36)15-45)33(57)41-19(10-17-6-3-2-4-7-17)31(55)42-22(13-27(51)52)34(58)44-9-5-8-23(44)35(59)60/h2-4,6-7,16,18-23,28,45-46H,5,8-15,36H2,1H3,(H2,37,47)(H,38,54)(H,39,53)(H,40,56)(H,41,57)(H,42,55)(H,43,48)(H,49,50)(H,51,52)(H,59,60)/t16-,18+,19+,20+,21+,22+,23+,28+/m1/s1. The SMILES string of the molecule is C[C@@H](O)[C@H](NC(=O)CNC(=O)[C@H](CC(N)=O)NC(=O)[C@H](CC(=O)O)NC(=O)[C@@H](N)CO)C(=O)N[C@@H](Cc1ccccc1)C(=O)N[C@@H](CC(=O)O)C(=O)N1CCC[C@H]1C(=O)O. The van der Waals surface area contributed by atoms with E-state index in [-0.39, 0.29) is 19.4 Å². The van der Waals surface area contributed by atoms with Crippen molar-refractivity contribution in [2.75, 3.05) is 19.7 Å². The van der Waals surface area contributed by atoms with Gasteiger partial charge in [-0.1, -0.05) is 30.3 Å². The van der Waals surface area contributed by atoms with Gasteiger partial charge in [-0.2, -0.15) is 0 Å². The van der Waals surface area contributed by atoms with Crippen molar-refractivity contribution in [3.8, 4) is 0 Å². The Hall–Kier alpha value is -6.73. The van der Waals surface area contributed by atoms with Crippen molar-refractivity contribution in [3.63, 3.8) is 0 Å². The van der Waals surface area contributed by atoms with Gasteiger partial charge in [0, 0.05) is 13.0 Å². The molecule has 0 bridgehead atoms. The van der Waals surface area contributed by atoms with Crippen LogP contribution in [0.25, 0.3) is 0 Å². The Bertz CT molecular complexity index is 1780. The van der Waals surface area contributed by atoms with Crippen molar-refractivity contribution < 1.29 is 78.3 Å². The molecule has 1 fully saturated rings. The summed E-state index contributed by atoms with van der Waals surface area (Å²) in [6.07, 6.45) is -4.38. The number of carboxylic acid groups (broad SMARTS) is 3. The molecule has 0 aromatic heterocycles. The fourth-order valence-corrected chi connectivity index (χ4v) is 5.80. The highest BCUT2D eigenvalue weighted by Gasteiger charge is 2.40. The second-order valence-corrected chi connectivity index (χ2v) is 13.6. The van der Waals surface area contributed by atoms with Gasteiger partial charge in [0.15, 0.2) is 0 Å². The van der Waals surface area contributed by atoms with Crippen molar-refractivity contribution in [1.82, 2.24) is 36.8 Å². The number of rotatable bonds is 24. The molecule has 0 saturated carbocycles. The van der Waals surface area contributed by atoms with Gasteiger partial charge in [-0.25, -0.2) is 4.79 Å². The maximum Gasteiger partial charge on any atom is 0.326 e. The first kappa shape index (κ1) is 49.4. The minimum Gasteiger partial charge on any atom is -0.481 e. The third-order valence-corrected chi connectivity index (χ3v) is 8.82. The highest BCUT2D eigenvalue weighted by atomic mass is 16.4. The van der Waals surface area contributed by atoms with E-state index in [1.807, 2.05) is 10.6 Å². The summed E-state index contributed by atoms with van der Waals surface area (Å²) in [6.45, 7) is -0.764. The lowest BCUT2D eigenvalue weighted by Crippen LogP contribution is -2.61. The number of aliphatic hydroxyl groups is 2. The van der Waals surface area contributed by atoms with Crippen LogP contribution in [0.3, 0.4) is 0 Å². The van der Waals surface area contributed by atoms with Gasteiger partial charge < -0.3 is 73.8 Å². The molecule has 0 unspecified atom stereocenters. The Balaban J connectivity index is 2.23. The van der Waals surface area contributed by atoms with Crippen molar-refractivity contribution in [2.24, 2.45) is 11.5 Å². The number of carbonyl (C=O) groups excluding carboxylic acids is 8. The molecule has 2 rings (SSSR count). The number of carbonyl (C=O) groups is 11. The van der Waals surface area contributed by atoms with Crippen LogP contribution in [0.2, 0.25) is 0 Å². The van der Waals surface area contributed by atoms with Gasteiger partial charge in [0.25, 0.3) is 0 Å². The van der Waals surface area contributed by atoms with Gasteiger partial charge in [-0.05, 0) is 25.3 Å². The molecule has 1 aromatic carbocycles. The zero-order valence-electron chi connectivity index (χ0n) is 32.2. The molecular weight excluding hydrogens is 802 g/mol. The molecule has 0 radical (unpaired) electrons. The highest BCUT2D eigenvalue weighted by Crippen LogP contribution is 2.19. The predicted octanol–water partition coefficient (Wildman–Crippen LogP) is -6.63. The smallest absolute Gasteiger partial charge is 0.326 e. The van der Waals surface area contributed by atoms with E-state index in [4.69, 9.17) is 16.6 Å². The number of primary amides is 1. The summed E-state index contributed by atoms with van der Waals surface area (Å²) in [5.41, 5.74) is 11.0. The minimum absolute atomic E-state index is 0.0166. The summed E-state index contributed by atoms with van der Waals surface area (Å²) < 4.78 is 0. The average Bonchev–Trinajstić information content (AvgIpc) is 3.67. The van der Waals surface area contributed by atoms with Crippen LogP contribution in [-0.2, 0) is 59.2 Å². The van der Waals surface area contributed by atoms with E-state index in [2.05, 4.69) is 21.3 Å². The number of nitrogens with one attached hydrogen (secondary N) is 6. The van der Waals surface area contributed by atoms with Gasteiger partial charge in [0.05, 0.1) is 38.5 Å². The summed E-state index contributed by atoms with van der Waals surface area (Å²) in [4.78, 5) is 139. The Morgan fingerprint density at radius 3 is 1.82 bits per heavy atom. The van der Waals surface area contributed by atoms with Gasteiger partial charge in [0.2, 0.25) is 47.3 Å². The normalized spacial score (nSPS) is 16.9. The third-order valence-electron chi connectivity index (χ3n) is 8.82. The van der Waals surface area contributed by atoms with Crippen LogP contribution in [0.4, 0.5) is 0 Å². The monoisotopic (exact) mass is 851 g/mol. The quantitative estimate of drug-likeness (QED) is 0.0460. The molecule has 60 heavy (non-hydrogen) atoms. The molecule has 1 saturated heterocycles. The first-order chi connectivity index (χ1) is 28.1.